The third-order valence-electron chi connectivity index (χ3n) is 3.74. The molecule has 0 saturated heterocycles. The Kier molecular flexibility index (Phi) is 4.70. The first-order valence-corrected chi connectivity index (χ1v) is 7.27. The fourth-order valence-corrected chi connectivity index (χ4v) is 2.87. The topological polar surface area (TPSA) is 41.1 Å². The zero-order valence-corrected chi connectivity index (χ0v) is 12.3. The van der Waals surface area contributed by atoms with Crippen molar-refractivity contribution >= 4 is 28.9 Å². The molecular weight excluding hydrogens is 260 g/mol. The summed E-state index contributed by atoms with van der Waals surface area (Å²) in [4.78, 5) is 11.0. The summed E-state index contributed by atoms with van der Waals surface area (Å²) in [6, 6.07) is 6.23. The number of hydrogen-bond donors (Lipinski definition) is 2. The third kappa shape index (κ3) is 3.87. The lowest BCUT2D eigenvalue weighted by Crippen LogP contribution is -2.30. The maximum atomic E-state index is 11.0. The van der Waals surface area contributed by atoms with E-state index in [4.69, 9.17) is 11.6 Å². The summed E-state index contributed by atoms with van der Waals surface area (Å²) in [6.07, 6.45) is 5.13. The number of hydrogen-bond acceptors (Lipinski definition) is 2. The molecule has 1 aromatic carbocycles. The highest BCUT2D eigenvalue weighted by Crippen LogP contribution is 2.30. The molecule has 104 valence electrons. The molecule has 0 aliphatic heterocycles. The van der Waals surface area contributed by atoms with Crippen LogP contribution in [0.4, 0.5) is 11.4 Å². The molecule has 2 unspecified atom stereocenters. The molecule has 1 aliphatic carbocycles. The Balaban J connectivity index is 2.05. The highest BCUT2D eigenvalue weighted by Gasteiger charge is 2.21. The first kappa shape index (κ1) is 14.2. The lowest BCUT2D eigenvalue weighted by atomic mass is 9.86. The molecule has 1 saturated carbocycles. The van der Waals surface area contributed by atoms with Gasteiger partial charge in [0.2, 0.25) is 5.91 Å². The molecule has 0 bridgehead atoms. The van der Waals surface area contributed by atoms with Gasteiger partial charge in [0.15, 0.2) is 0 Å². The van der Waals surface area contributed by atoms with Gasteiger partial charge in [-0.15, -0.1) is 0 Å². The smallest absolute Gasteiger partial charge is 0.221 e. The van der Waals surface area contributed by atoms with Crippen molar-refractivity contribution in [2.45, 2.75) is 45.6 Å². The molecule has 0 aromatic heterocycles. The maximum Gasteiger partial charge on any atom is 0.221 e. The number of nitrogens with one attached hydrogen (secondary N) is 2. The minimum atomic E-state index is -0.108. The van der Waals surface area contributed by atoms with Crippen LogP contribution >= 0.6 is 11.6 Å². The third-order valence-corrected chi connectivity index (χ3v) is 4.06. The fraction of sp³-hybridized carbons (Fsp3) is 0.533. The minimum Gasteiger partial charge on any atom is -0.382 e. The summed E-state index contributed by atoms with van der Waals surface area (Å²) in [5, 5.41) is 6.84. The highest BCUT2D eigenvalue weighted by molar-refractivity contribution is 6.34. The summed E-state index contributed by atoms with van der Waals surface area (Å²) in [5.41, 5.74) is 1.69. The number of rotatable bonds is 3. The number of carbonyl (C=O) groups excluding carboxylic acids is 1. The lowest BCUT2D eigenvalue weighted by molar-refractivity contribution is -0.114. The van der Waals surface area contributed by atoms with Gasteiger partial charge in [-0.05, 0) is 37.0 Å². The van der Waals surface area contributed by atoms with Crippen LogP contribution in [0.2, 0.25) is 5.02 Å². The molecule has 1 aliphatic rings. The molecule has 4 heteroatoms. The van der Waals surface area contributed by atoms with Crippen LogP contribution in [0.25, 0.3) is 0 Å². The standard InChI is InChI=1S/C15H21ClN2O/c1-10-5-3-4-6-14(10)18-12-7-8-15(13(16)9-12)17-11(2)19/h7-10,14,18H,3-6H2,1-2H3,(H,17,19). The summed E-state index contributed by atoms with van der Waals surface area (Å²) in [5.74, 6) is 0.589. The van der Waals surface area contributed by atoms with Crippen LogP contribution in [0.5, 0.6) is 0 Å². The SMILES string of the molecule is CC(=O)Nc1ccc(NC2CCCCC2C)cc1Cl. The van der Waals surface area contributed by atoms with E-state index in [1.807, 2.05) is 18.2 Å². The Morgan fingerprint density at radius 3 is 2.68 bits per heavy atom. The van der Waals surface area contributed by atoms with Crippen molar-refractivity contribution in [3.63, 3.8) is 0 Å². The predicted octanol–water partition coefficient (Wildman–Crippen LogP) is 4.29. The average Bonchev–Trinajstić information content (AvgIpc) is 2.35. The minimum absolute atomic E-state index is 0.108. The van der Waals surface area contributed by atoms with E-state index >= 15 is 0 Å². The molecule has 0 radical (unpaired) electrons. The van der Waals surface area contributed by atoms with Gasteiger partial charge >= 0.3 is 0 Å². The number of anilines is 2. The Morgan fingerprint density at radius 2 is 2.05 bits per heavy atom. The van der Waals surface area contributed by atoms with E-state index in [0.29, 0.717) is 22.7 Å². The largest absolute Gasteiger partial charge is 0.382 e. The van der Waals surface area contributed by atoms with E-state index in [9.17, 15) is 4.79 Å². The molecule has 0 spiro atoms. The van der Waals surface area contributed by atoms with Crippen molar-refractivity contribution in [3.05, 3.63) is 23.2 Å². The Labute approximate surface area is 119 Å². The summed E-state index contributed by atoms with van der Waals surface area (Å²) < 4.78 is 0. The van der Waals surface area contributed by atoms with Crippen molar-refractivity contribution in [2.24, 2.45) is 5.92 Å². The first-order chi connectivity index (χ1) is 9.06. The molecule has 2 rings (SSSR count). The van der Waals surface area contributed by atoms with Crippen molar-refractivity contribution in [1.29, 1.82) is 0 Å². The van der Waals surface area contributed by atoms with Crippen LogP contribution in [0.15, 0.2) is 18.2 Å². The number of halogens is 1. The predicted molar refractivity (Wildman–Crippen MR) is 80.8 cm³/mol. The molecule has 3 nitrogen and oxygen atoms in total. The van der Waals surface area contributed by atoms with Gasteiger partial charge in [0, 0.05) is 18.7 Å². The van der Waals surface area contributed by atoms with E-state index in [1.165, 1.54) is 32.6 Å². The van der Waals surface area contributed by atoms with Crippen LogP contribution in [0.1, 0.15) is 39.5 Å². The second-order valence-corrected chi connectivity index (χ2v) is 5.80. The Bertz CT molecular complexity index is 461. The normalized spacial score (nSPS) is 22.9. The molecule has 0 heterocycles. The maximum absolute atomic E-state index is 11.0. The van der Waals surface area contributed by atoms with Crippen molar-refractivity contribution in [1.82, 2.24) is 0 Å². The monoisotopic (exact) mass is 280 g/mol. The lowest BCUT2D eigenvalue weighted by Gasteiger charge is -2.30. The second kappa shape index (κ2) is 6.29. The van der Waals surface area contributed by atoms with Crippen LogP contribution in [-0.4, -0.2) is 11.9 Å². The second-order valence-electron chi connectivity index (χ2n) is 5.39. The number of amides is 1. The Hall–Kier alpha value is -1.22. The molecule has 1 fully saturated rings. The van der Waals surface area contributed by atoms with E-state index in [1.54, 1.807) is 0 Å². The van der Waals surface area contributed by atoms with Gasteiger partial charge in [0.25, 0.3) is 0 Å². The van der Waals surface area contributed by atoms with Crippen LogP contribution < -0.4 is 10.6 Å². The van der Waals surface area contributed by atoms with Crippen molar-refractivity contribution in [2.75, 3.05) is 10.6 Å². The number of carbonyl (C=O) groups is 1. The molecule has 2 N–H and O–H groups in total. The molecular formula is C15H21ClN2O. The summed E-state index contributed by atoms with van der Waals surface area (Å²) in [6.45, 7) is 3.77. The highest BCUT2D eigenvalue weighted by atomic mass is 35.5. The van der Waals surface area contributed by atoms with Crippen molar-refractivity contribution < 1.29 is 4.79 Å². The van der Waals surface area contributed by atoms with Crippen LogP contribution in [-0.2, 0) is 4.79 Å². The van der Waals surface area contributed by atoms with E-state index in [2.05, 4.69) is 17.6 Å². The van der Waals surface area contributed by atoms with E-state index in [-0.39, 0.29) is 5.91 Å². The van der Waals surface area contributed by atoms with Crippen molar-refractivity contribution in [3.8, 4) is 0 Å². The zero-order chi connectivity index (χ0) is 13.8. The quantitative estimate of drug-likeness (QED) is 0.867. The average molecular weight is 281 g/mol. The zero-order valence-electron chi connectivity index (χ0n) is 11.5. The molecule has 1 amide bonds. The van der Waals surface area contributed by atoms with Gasteiger partial charge in [-0.3, -0.25) is 4.79 Å². The molecule has 2 atom stereocenters. The fourth-order valence-electron chi connectivity index (χ4n) is 2.64. The van der Waals surface area contributed by atoms with Gasteiger partial charge in [-0.1, -0.05) is 31.4 Å². The van der Waals surface area contributed by atoms with E-state index < -0.39 is 0 Å². The molecule has 19 heavy (non-hydrogen) atoms. The van der Waals surface area contributed by atoms with Gasteiger partial charge in [-0.25, -0.2) is 0 Å². The first-order valence-electron chi connectivity index (χ1n) is 6.90. The number of benzene rings is 1. The van der Waals surface area contributed by atoms with Crippen LogP contribution in [0, 0.1) is 5.92 Å². The summed E-state index contributed by atoms with van der Waals surface area (Å²) >= 11 is 6.17. The van der Waals surface area contributed by atoms with Gasteiger partial charge in [0.05, 0.1) is 10.7 Å². The summed E-state index contributed by atoms with van der Waals surface area (Å²) in [7, 11) is 0. The van der Waals surface area contributed by atoms with Gasteiger partial charge in [0.1, 0.15) is 0 Å². The molecule has 1 aromatic rings. The van der Waals surface area contributed by atoms with Crippen LogP contribution in [0.3, 0.4) is 0 Å². The van der Waals surface area contributed by atoms with E-state index in [0.717, 1.165) is 5.69 Å². The van der Waals surface area contributed by atoms with Gasteiger partial charge < -0.3 is 10.6 Å². The Morgan fingerprint density at radius 1 is 1.32 bits per heavy atom. The van der Waals surface area contributed by atoms with Gasteiger partial charge in [-0.2, -0.15) is 0 Å².